The predicted molar refractivity (Wildman–Crippen MR) is 107 cm³/mol. The highest BCUT2D eigenvalue weighted by Crippen LogP contribution is 2.35. The van der Waals surface area contributed by atoms with Crippen LogP contribution in [0, 0.1) is 5.41 Å². The van der Waals surface area contributed by atoms with Crippen molar-refractivity contribution in [3.05, 3.63) is 23.8 Å². The molecule has 6 nitrogen and oxygen atoms in total. The van der Waals surface area contributed by atoms with Gasteiger partial charge >= 0.3 is 0 Å². The van der Waals surface area contributed by atoms with E-state index >= 15 is 0 Å². The Balaban J connectivity index is 0.00000261. The van der Waals surface area contributed by atoms with Crippen LogP contribution in [0.5, 0.6) is 11.5 Å². The Kier molecular flexibility index (Phi) is 8.20. The van der Waals surface area contributed by atoms with E-state index in [1.807, 2.05) is 18.2 Å². The summed E-state index contributed by atoms with van der Waals surface area (Å²) in [7, 11) is 1.64. The molecule has 1 aliphatic carbocycles. The van der Waals surface area contributed by atoms with Gasteiger partial charge in [-0.25, -0.2) is 0 Å². The van der Waals surface area contributed by atoms with E-state index in [9.17, 15) is 4.79 Å². The summed E-state index contributed by atoms with van der Waals surface area (Å²) in [5, 5.41) is 3.07. The van der Waals surface area contributed by atoms with Gasteiger partial charge < -0.3 is 25.3 Å². The van der Waals surface area contributed by atoms with Gasteiger partial charge in [0.2, 0.25) is 5.91 Å². The molecule has 2 aliphatic rings. The molecule has 1 saturated carbocycles. The Morgan fingerprint density at radius 3 is 2.63 bits per heavy atom. The average Bonchev–Trinajstić information content (AvgIpc) is 3.20. The highest BCUT2D eigenvalue weighted by Gasteiger charge is 2.38. The molecule has 0 atom stereocenters. The van der Waals surface area contributed by atoms with E-state index in [2.05, 4.69) is 5.32 Å². The van der Waals surface area contributed by atoms with Crippen molar-refractivity contribution in [1.29, 1.82) is 0 Å². The van der Waals surface area contributed by atoms with Crippen LogP contribution in [0.3, 0.4) is 0 Å². The van der Waals surface area contributed by atoms with Crippen LogP contribution in [0.2, 0.25) is 0 Å². The smallest absolute Gasteiger partial charge is 0.227 e. The molecule has 1 aliphatic heterocycles. The first kappa shape index (κ1) is 21.8. The first-order valence-corrected chi connectivity index (χ1v) is 9.57. The monoisotopic (exact) mass is 398 g/mol. The second-order valence-corrected chi connectivity index (χ2v) is 7.25. The molecule has 1 heterocycles. The molecule has 0 spiro atoms. The molecule has 3 rings (SSSR count). The molecule has 0 unspecified atom stereocenters. The third kappa shape index (κ3) is 5.06. The average molecular weight is 399 g/mol. The van der Waals surface area contributed by atoms with Crippen LogP contribution in [-0.2, 0) is 16.1 Å². The predicted octanol–water partition coefficient (Wildman–Crippen LogP) is 2.81. The summed E-state index contributed by atoms with van der Waals surface area (Å²) >= 11 is 0. The summed E-state index contributed by atoms with van der Waals surface area (Å²) in [6, 6.07) is 5.80. The van der Waals surface area contributed by atoms with E-state index in [0.29, 0.717) is 44.9 Å². The summed E-state index contributed by atoms with van der Waals surface area (Å²) in [5.74, 6) is 1.46. The van der Waals surface area contributed by atoms with Crippen LogP contribution < -0.4 is 20.5 Å². The second kappa shape index (κ2) is 10.2. The maximum atomic E-state index is 12.8. The topological polar surface area (TPSA) is 82.8 Å². The minimum absolute atomic E-state index is 0. The molecule has 152 valence electrons. The Hall–Kier alpha value is -1.50. The number of para-hydroxylation sites is 1. The number of carbonyl (C=O) groups excluding carboxylic acids is 1. The molecule has 1 amide bonds. The number of methoxy groups -OCH3 is 1. The van der Waals surface area contributed by atoms with Crippen molar-refractivity contribution in [1.82, 2.24) is 5.32 Å². The third-order valence-corrected chi connectivity index (χ3v) is 5.63. The van der Waals surface area contributed by atoms with E-state index in [0.717, 1.165) is 24.2 Å². The van der Waals surface area contributed by atoms with E-state index in [4.69, 9.17) is 19.9 Å². The molecular weight excluding hydrogens is 368 g/mol. The molecule has 0 bridgehead atoms. The molecule has 3 N–H and O–H groups in total. The number of amides is 1. The number of halogens is 1. The van der Waals surface area contributed by atoms with Crippen molar-refractivity contribution < 1.29 is 19.0 Å². The van der Waals surface area contributed by atoms with Gasteiger partial charge in [-0.1, -0.05) is 12.1 Å². The molecule has 1 aromatic rings. The van der Waals surface area contributed by atoms with Gasteiger partial charge in [0.25, 0.3) is 0 Å². The lowest BCUT2D eigenvalue weighted by Gasteiger charge is -2.34. The zero-order valence-electron chi connectivity index (χ0n) is 16.0. The highest BCUT2D eigenvalue weighted by atomic mass is 35.5. The van der Waals surface area contributed by atoms with Gasteiger partial charge in [-0.05, 0) is 44.6 Å². The second-order valence-electron chi connectivity index (χ2n) is 7.25. The van der Waals surface area contributed by atoms with Crippen LogP contribution in [0.15, 0.2) is 18.2 Å². The highest BCUT2D eigenvalue weighted by molar-refractivity contribution is 5.85. The lowest BCUT2D eigenvalue weighted by atomic mass is 9.79. The van der Waals surface area contributed by atoms with Gasteiger partial charge in [0.15, 0.2) is 11.5 Å². The molecule has 7 heteroatoms. The fourth-order valence-electron chi connectivity index (χ4n) is 3.82. The molecular formula is C20H31ClN2O4. The van der Waals surface area contributed by atoms with Crippen molar-refractivity contribution >= 4 is 18.3 Å². The first-order chi connectivity index (χ1) is 12.7. The number of ether oxygens (including phenoxy) is 3. The number of benzene rings is 1. The van der Waals surface area contributed by atoms with Crippen molar-refractivity contribution in [3.63, 3.8) is 0 Å². The lowest BCUT2D eigenvalue weighted by Crippen LogP contribution is -2.49. The lowest BCUT2D eigenvalue weighted by molar-refractivity contribution is -0.136. The Bertz CT molecular complexity index is 614. The minimum Gasteiger partial charge on any atom is -0.493 e. The SMILES string of the molecule is COc1cccc(CNC(=O)C2(CN)CCOCC2)c1OC1CCCC1.Cl. The van der Waals surface area contributed by atoms with Crippen molar-refractivity contribution in [2.24, 2.45) is 11.1 Å². The number of hydrogen-bond donors (Lipinski definition) is 2. The fourth-order valence-corrected chi connectivity index (χ4v) is 3.82. The first-order valence-electron chi connectivity index (χ1n) is 9.57. The normalized spacial score (nSPS) is 19.2. The van der Waals surface area contributed by atoms with Gasteiger partial charge in [0.05, 0.1) is 18.6 Å². The summed E-state index contributed by atoms with van der Waals surface area (Å²) in [6.07, 6.45) is 6.10. The Labute approximate surface area is 167 Å². The van der Waals surface area contributed by atoms with Crippen LogP contribution in [0.25, 0.3) is 0 Å². The third-order valence-electron chi connectivity index (χ3n) is 5.63. The molecule has 0 radical (unpaired) electrons. The minimum atomic E-state index is -0.524. The largest absolute Gasteiger partial charge is 0.493 e. The number of rotatable bonds is 7. The quantitative estimate of drug-likeness (QED) is 0.737. The summed E-state index contributed by atoms with van der Waals surface area (Å²) in [4.78, 5) is 12.8. The zero-order valence-corrected chi connectivity index (χ0v) is 16.8. The van der Waals surface area contributed by atoms with Crippen LogP contribution in [-0.4, -0.2) is 38.9 Å². The van der Waals surface area contributed by atoms with Gasteiger partial charge in [-0.2, -0.15) is 0 Å². The number of carbonyl (C=O) groups is 1. The van der Waals surface area contributed by atoms with E-state index < -0.39 is 5.41 Å². The molecule has 1 aromatic carbocycles. The number of nitrogens with one attached hydrogen (secondary N) is 1. The fraction of sp³-hybridized carbons (Fsp3) is 0.650. The standard InChI is InChI=1S/C20H30N2O4.ClH/c1-24-17-8-4-5-15(18(17)26-16-6-2-3-7-16)13-22-19(23)20(14-21)9-11-25-12-10-20;/h4-5,8,16H,2-3,6-7,9-14,21H2,1H3,(H,22,23);1H. The van der Waals surface area contributed by atoms with Gasteiger partial charge in [0, 0.05) is 31.9 Å². The van der Waals surface area contributed by atoms with Gasteiger partial charge in [0.1, 0.15) is 0 Å². The van der Waals surface area contributed by atoms with E-state index in [-0.39, 0.29) is 24.4 Å². The van der Waals surface area contributed by atoms with E-state index in [1.165, 1.54) is 12.8 Å². The Morgan fingerprint density at radius 2 is 2.00 bits per heavy atom. The molecule has 1 saturated heterocycles. The van der Waals surface area contributed by atoms with E-state index in [1.54, 1.807) is 7.11 Å². The van der Waals surface area contributed by atoms with Crippen molar-refractivity contribution in [3.8, 4) is 11.5 Å². The van der Waals surface area contributed by atoms with Gasteiger partial charge in [-0.3, -0.25) is 4.79 Å². The van der Waals surface area contributed by atoms with Crippen LogP contribution in [0.1, 0.15) is 44.1 Å². The maximum Gasteiger partial charge on any atom is 0.227 e. The molecule has 27 heavy (non-hydrogen) atoms. The van der Waals surface area contributed by atoms with Gasteiger partial charge in [-0.15, -0.1) is 12.4 Å². The Morgan fingerprint density at radius 1 is 1.30 bits per heavy atom. The number of hydrogen-bond acceptors (Lipinski definition) is 5. The van der Waals surface area contributed by atoms with Crippen LogP contribution >= 0.6 is 12.4 Å². The molecule has 0 aromatic heterocycles. The zero-order chi connectivity index (χ0) is 18.4. The summed E-state index contributed by atoms with van der Waals surface area (Å²) in [6.45, 7) is 1.91. The summed E-state index contributed by atoms with van der Waals surface area (Å²) in [5.41, 5.74) is 6.34. The van der Waals surface area contributed by atoms with Crippen molar-refractivity contribution in [2.45, 2.75) is 51.2 Å². The van der Waals surface area contributed by atoms with Crippen LogP contribution in [0.4, 0.5) is 0 Å². The maximum absolute atomic E-state index is 12.8. The van der Waals surface area contributed by atoms with Crippen molar-refractivity contribution in [2.75, 3.05) is 26.9 Å². The molecule has 2 fully saturated rings. The summed E-state index contributed by atoms with van der Waals surface area (Å²) < 4.78 is 17.1. The number of nitrogens with two attached hydrogens (primary N) is 1.